The molecule has 0 radical (unpaired) electrons. The van der Waals surface area contributed by atoms with Gasteiger partial charge in [-0.3, -0.25) is 9.69 Å². The molecule has 2 aromatic carbocycles. The average Bonchev–Trinajstić information content (AvgIpc) is 2.80. The lowest BCUT2D eigenvalue weighted by molar-refractivity contribution is -0.138. The van der Waals surface area contributed by atoms with E-state index in [0.29, 0.717) is 32.5 Å². The van der Waals surface area contributed by atoms with Crippen molar-refractivity contribution in [2.75, 3.05) is 39.3 Å². The fraction of sp³-hybridized carbons (Fsp3) is 0.435. The zero-order chi connectivity index (χ0) is 21.8. The van der Waals surface area contributed by atoms with E-state index in [9.17, 15) is 17.6 Å². The first-order valence-electron chi connectivity index (χ1n) is 10.7. The SMILES string of the molecule is O=C([C@H]1CCCN(S(=O)(=O)c2ccc(F)cc2)C1)N1CCN(Cc2ccccc2)CC1. The maximum Gasteiger partial charge on any atom is 0.243 e. The van der Waals surface area contributed by atoms with Gasteiger partial charge in [0.05, 0.1) is 10.8 Å². The van der Waals surface area contributed by atoms with Crippen LogP contribution in [0.2, 0.25) is 0 Å². The van der Waals surface area contributed by atoms with Gasteiger partial charge in [-0.15, -0.1) is 0 Å². The maximum absolute atomic E-state index is 13.2. The van der Waals surface area contributed by atoms with Crippen molar-refractivity contribution in [2.45, 2.75) is 24.3 Å². The van der Waals surface area contributed by atoms with Gasteiger partial charge in [-0.25, -0.2) is 12.8 Å². The Labute approximate surface area is 183 Å². The lowest BCUT2D eigenvalue weighted by Gasteiger charge is -2.38. The number of hydrogen-bond donors (Lipinski definition) is 0. The molecule has 2 heterocycles. The molecule has 1 atom stereocenters. The van der Waals surface area contributed by atoms with Crippen molar-refractivity contribution in [1.29, 1.82) is 0 Å². The van der Waals surface area contributed by atoms with Crippen molar-refractivity contribution in [3.63, 3.8) is 0 Å². The van der Waals surface area contributed by atoms with E-state index < -0.39 is 15.8 Å². The molecule has 0 spiro atoms. The molecule has 6 nitrogen and oxygen atoms in total. The van der Waals surface area contributed by atoms with Crippen molar-refractivity contribution >= 4 is 15.9 Å². The predicted octanol–water partition coefficient (Wildman–Crippen LogP) is 2.57. The highest BCUT2D eigenvalue weighted by molar-refractivity contribution is 7.89. The first kappa shape index (κ1) is 21.9. The van der Waals surface area contributed by atoms with Crippen LogP contribution in [0.1, 0.15) is 18.4 Å². The minimum Gasteiger partial charge on any atom is -0.340 e. The number of carbonyl (C=O) groups is 1. The lowest BCUT2D eigenvalue weighted by atomic mass is 9.97. The highest BCUT2D eigenvalue weighted by Crippen LogP contribution is 2.25. The summed E-state index contributed by atoms with van der Waals surface area (Å²) < 4.78 is 40.4. The summed E-state index contributed by atoms with van der Waals surface area (Å²) in [4.78, 5) is 17.4. The van der Waals surface area contributed by atoms with Crippen molar-refractivity contribution in [2.24, 2.45) is 5.92 Å². The summed E-state index contributed by atoms with van der Waals surface area (Å²) in [7, 11) is -3.73. The molecule has 0 bridgehead atoms. The summed E-state index contributed by atoms with van der Waals surface area (Å²) in [5.41, 5.74) is 1.26. The summed E-state index contributed by atoms with van der Waals surface area (Å²) in [6.45, 7) is 4.38. The molecule has 2 aliphatic heterocycles. The summed E-state index contributed by atoms with van der Waals surface area (Å²) in [5.74, 6) is -0.764. The van der Waals surface area contributed by atoms with Gasteiger partial charge in [0.2, 0.25) is 15.9 Å². The predicted molar refractivity (Wildman–Crippen MR) is 116 cm³/mol. The van der Waals surface area contributed by atoms with Gasteiger partial charge < -0.3 is 4.90 Å². The number of amides is 1. The van der Waals surface area contributed by atoms with Gasteiger partial charge in [-0.2, -0.15) is 4.31 Å². The van der Waals surface area contributed by atoms with E-state index in [1.807, 2.05) is 23.1 Å². The van der Waals surface area contributed by atoms with Crippen molar-refractivity contribution in [3.05, 3.63) is 66.0 Å². The molecule has 0 aromatic heterocycles. The van der Waals surface area contributed by atoms with Gasteiger partial charge >= 0.3 is 0 Å². The van der Waals surface area contributed by atoms with E-state index in [-0.39, 0.29) is 23.3 Å². The number of carbonyl (C=O) groups excluding carboxylic acids is 1. The Morgan fingerprint density at radius 2 is 1.61 bits per heavy atom. The Bertz CT molecular complexity index is 990. The fourth-order valence-corrected chi connectivity index (χ4v) is 5.87. The fourth-order valence-electron chi connectivity index (χ4n) is 4.34. The van der Waals surface area contributed by atoms with Gasteiger partial charge in [-0.1, -0.05) is 30.3 Å². The Morgan fingerprint density at radius 3 is 2.29 bits per heavy atom. The number of piperazine rings is 1. The van der Waals surface area contributed by atoms with Crippen LogP contribution in [0, 0.1) is 11.7 Å². The number of sulfonamides is 1. The molecule has 4 rings (SSSR count). The number of piperidine rings is 1. The van der Waals surface area contributed by atoms with Gasteiger partial charge in [0.1, 0.15) is 5.82 Å². The average molecular weight is 446 g/mol. The molecule has 2 fully saturated rings. The number of halogens is 1. The highest BCUT2D eigenvalue weighted by Gasteiger charge is 2.35. The zero-order valence-corrected chi connectivity index (χ0v) is 18.3. The second-order valence-electron chi connectivity index (χ2n) is 8.24. The van der Waals surface area contributed by atoms with Crippen LogP contribution in [0.5, 0.6) is 0 Å². The van der Waals surface area contributed by atoms with Crippen LogP contribution < -0.4 is 0 Å². The summed E-state index contributed by atoms with van der Waals surface area (Å²) in [6, 6.07) is 15.1. The van der Waals surface area contributed by atoms with E-state index >= 15 is 0 Å². The van der Waals surface area contributed by atoms with Crippen LogP contribution in [0.3, 0.4) is 0 Å². The molecule has 0 N–H and O–H groups in total. The molecule has 8 heteroatoms. The smallest absolute Gasteiger partial charge is 0.243 e. The normalized spacial score (nSPS) is 21.2. The molecule has 166 valence electrons. The standard InChI is InChI=1S/C23H28FN3O3S/c24-21-8-10-22(11-9-21)31(29,30)27-12-4-7-20(18-27)23(28)26-15-13-25(14-16-26)17-19-5-2-1-3-6-19/h1-3,5-6,8-11,20H,4,7,12-18H2/t20-/m0/s1. The van der Waals surface area contributed by atoms with Crippen LogP contribution in [-0.4, -0.2) is 67.7 Å². The number of rotatable bonds is 5. The monoisotopic (exact) mass is 445 g/mol. The molecule has 2 aliphatic rings. The van der Waals surface area contributed by atoms with Crippen molar-refractivity contribution < 1.29 is 17.6 Å². The molecule has 0 aliphatic carbocycles. The first-order chi connectivity index (χ1) is 14.9. The highest BCUT2D eigenvalue weighted by atomic mass is 32.2. The molecule has 0 unspecified atom stereocenters. The minimum atomic E-state index is -3.73. The zero-order valence-electron chi connectivity index (χ0n) is 17.5. The van der Waals surface area contributed by atoms with E-state index in [2.05, 4.69) is 17.0 Å². The summed E-state index contributed by atoms with van der Waals surface area (Å²) >= 11 is 0. The number of nitrogens with zero attached hydrogens (tertiary/aromatic N) is 3. The minimum absolute atomic E-state index is 0.0402. The van der Waals surface area contributed by atoms with Crippen LogP contribution in [0.4, 0.5) is 4.39 Å². The van der Waals surface area contributed by atoms with Crippen LogP contribution >= 0.6 is 0 Å². The molecular formula is C23H28FN3O3S. The summed E-state index contributed by atoms with van der Waals surface area (Å²) in [6.07, 6.45) is 1.34. The summed E-state index contributed by atoms with van der Waals surface area (Å²) in [5, 5.41) is 0. The quantitative estimate of drug-likeness (QED) is 0.710. The molecule has 2 aromatic rings. The number of benzene rings is 2. The maximum atomic E-state index is 13.2. The van der Waals surface area contributed by atoms with Gasteiger partial charge in [0, 0.05) is 45.8 Å². The first-order valence-corrected chi connectivity index (χ1v) is 12.2. The topological polar surface area (TPSA) is 60.9 Å². The molecule has 31 heavy (non-hydrogen) atoms. The van der Waals surface area contributed by atoms with E-state index in [1.165, 1.54) is 22.0 Å². The van der Waals surface area contributed by atoms with Crippen molar-refractivity contribution in [3.8, 4) is 0 Å². The molecule has 2 saturated heterocycles. The lowest BCUT2D eigenvalue weighted by Crippen LogP contribution is -2.52. The van der Waals surface area contributed by atoms with Gasteiger partial charge in [-0.05, 0) is 42.7 Å². The Kier molecular flexibility index (Phi) is 6.69. The molecular weight excluding hydrogens is 417 g/mol. The van der Waals surface area contributed by atoms with Crippen LogP contribution in [-0.2, 0) is 21.4 Å². The van der Waals surface area contributed by atoms with Gasteiger partial charge in [0.15, 0.2) is 0 Å². The van der Waals surface area contributed by atoms with E-state index in [0.717, 1.165) is 31.8 Å². The van der Waals surface area contributed by atoms with E-state index in [4.69, 9.17) is 0 Å². The van der Waals surface area contributed by atoms with Crippen LogP contribution in [0.25, 0.3) is 0 Å². The second kappa shape index (κ2) is 9.46. The molecule has 0 saturated carbocycles. The third kappa shape index (κ3) is 5.14. The Balaban J connectivity index is 1.34. The van der Waals surface area contributed by atoms with Crippen LogP contribution in [0.15, 0.2) is 59.5 Å². The van der Waals surface area contributed by atoms with Gasteiger partial charge in [0.25, 0.3) is 0 Å². The second-order valence-corrected chi connectivity index (χ2v) is 10.2. The number of hydrogen-bond acceptors (Lipinski definition) is 4. The third-order valence-electron chi connectivity index (χ3n) is 6.12. The largest absolute Gasteiger partial charge is 0.340 e. The third-order valence-corrected chi connectivity index (χ3v) is 8.00. The Hall–Kier alpha value is -2.29. The van der Waals surface area contributed by atoms with E-state index in [1.54, 1.807) is 0 Å². The molecule has 1 amide bonds. The Morgan fingerprint density at radius 1 is 0.935 bits per heavy atom. The van der Waals surface area contributed by atoms with Crippen molar-refractivity contribution in [1.82, 2.24) is 14.1 Å².